The molecular formula is C22H32N4O7. The summed E-state index contributed by atoms with van der Waals surface area (Å²) in [5.74, 6) is -1.83. The van der Waals surface area contributed by atoms with E-state index in [-0.39, 0.29) is 30.5 Å². The molecule has 182 valence electrons. The summed E-state index contributed by atoms with van der Waals surface area (Å²) >= 11 is 0. The van der Waals surface area contributed by atoms with Gasteiger partial charge in [0.1, 0.15) is 6.61 Å². The number of amides is 2. The quantitative estimate of drug-likeness (QED) is 0.499. The zero-order chi connectivity index (χ0) is 24.4. The molecular weight excluding hydrogens is 432 g/mol. The topological polar surface area (TPSA) is 158 Å². The Kier molecular flexibility index (Phi) is 10.2. The van der Waals surface area contributed by atoms with Crippen molar-refractivity contribution in [1.82, 2.24) is 20.5 Å². The number of aromatic nitrogens is 1. The molecule has 0 bridgehead atoms. The van der Waals surface area contributed by atoms with Gasteiger partial charge in [-0.1, -0.05) is 6.07 Å². The van der Waals surface area contributed by atoms with E-state index in [1.54, 1.807) is 12.4 Å². The van der Waals surface area contributed by atoms with Crippen molar-refractivity contribution >= 4 is 23.8 Å². The number of carbonyl (C=O) groups excluding carboxylic acids is 2. The van der Waals surface area contributed by atoms with E-state index >= 15 is 0 Å². The first-order valence-electron chi connectivity index (χ1n) is 10.9. The van der Waals surface area contributed by atoms with Crippen molar-refractivity contribution in [2.75, 3.05) is 19.7 Å². The third kappa shape index (κ3) is 8.78. The first kappa shape index (κ1) is 26.2. The van der Waals surface area contributed by atoms with Gasteiger partial charge in [0.05, 0.1) is 6.04 Å². The summed E-state index contributed by atoms with van der Waals surface area (Å²) in [4.78, 5) is 49.4. The maximum absolute atomic E-state index is 12.9. The number of carboxylic acid groups (broad SMARTS) is 2. The average Bonchev–Trinajstić information content (AvgIpc) is 3.59. The Morgan fingerprint density at radius 3 is 2.24 bits per heavy atom. The molecule has 0 aromatic carbocycles. The summed E-state index contributed by atoms with van der Waals surface area (Å²) in [5.41, 5.74) is 0.855. The number of pyridine rings is 1. The van der Waals surface area contributed by atoms with Crippen LogP contribution in [0.1, 0.15) is 51.1 Å². The van der Waals surface area contributed by atoms with E-state index in [1.807, 2.05) is 17.0 Å². The lowest BCUT2D eigenvalue weighted by molar-refractivity contribution is -0.165. The van der Waals surface area contributed by atoms with Crippen LogP contribution in [0, 0.1) is 0 Å². The van der Waals surface area contributed by atoms with Gasteiger partial charge in [0.25, 0.3) is 17.8 Å². The van der Waals surface area contributed by atoms with Gasteiger partial charge < -0.3 is 30.5 Å². The monoisotopic (exact) mass is 464 g/mol. The molecule has 33 heavy (non-hydrogen) atoms. The van der Waals surface area contributed by atoms with Gasteiger partial charge in [-0.05, 0) is 50.4 Å². The van der Waals surface area contributed by atoms with Gasteiger partial charge in [-0.15, -0.1) is 0 Å². The summed E-state index contributed by atoms with van der Waals surface area (Å²) in [5, 5.41) is 21.2. The highest BCUT2D eigenvalue weighted by Crippen LogP contribution is 2.39. The second-order valence-corrected chi connectivity index (χ2v) is 8.07. The van der Waals surface area contributed by atoms with Crippen LogP contribution in [0.5, 0.6) is 0 Å². The molecule has 4 N–H and O–H groups in total. The molecule has 1 aromatic heterocycles. The molecule has 0 unspecified atom stereocenters. The highest BCUT2D eigenvalue weighted by atomic mass is 16.5. The van der Waals surface area contributed by atoms with E-state index in [0.29, 0.717) is 0 Å². The molecule has 3 heterocycles. The van der Waals surface area contributed by atoms with E-state index in [2.05, 4.69) is 15.6 Å². The Morgan fingerprint density at radius 1 is 1.12 bits per heavy atom. The zero-order valence-electron chi connectivity index (χ0n) is 18.9. The maximum Gasteiger partial charge on any atom is 0.300 e. The number of nitrogens with one attached hydrogen (secondary N) is 2. The van der Waals surface area contributed by atoms with E-state index in [0.717, 1.165) is 58.2 Å². The van der Waals surface area contributed by atoms with Crippen LogP contribution < -0.4 is 10.6 Å². The summed E-state index contributed by atoms with van der Waals surface area (Å²) in [6.45, 7) is 3.96. The fraction of sp³-hybridized carbons (Fsp3) is 0.591. The first-order valence-corrected chi connectivity index (χ1v) is 10.9. The number of aliphatic carboxylic acids is 2. The molecule has 2 saturated heterocycles. The van der Waals surface area contributed by atoms with Crippen LogP contribution in [0.2, 0.25) is 0 Å². The third-order valence-corrected chi connectivity index (χ3v) is 5.17. The number of rotatable bonds is 4. The third-order valence-electron chi connectivity index (χ3n) is 5.17. The largest absolute Gasteiger partial charge is 0.481 e. The van der Waals surface area contributed by atoms with Crippen LogP contribution >= 0.6 is 0 Å². The van der Waals surface area contributed by atoms with Crippen molar-refractivity contribution < 1.29 is 34.1 Å². The Bertz CT molecular complexity index is 790. The van der Waals surface area contributed by atoms with Crippen LogP contribution in [0.25, 0.3) is 0 Å². The highest BCUT2D eigenvalue weighted by molar-refractivity contribution is 5.87. The van der Waals surface area contributed by atoms with Crippen molar-refractivity contribution in [3.05, 3.63) is 30.1 Å². The van der Waals surface area contributed by atoms with E-state index < -0.39 is 24.1 Å². The molecule has 3 fully saturated rings. The summed E-state index contributed by atoms with van der Waals surface area (Å²) in [6, 6.07) is 3.74. The summed E-state index contributed by atoms with van der Waals surface area (Å²) in [6.07, 6.45) is 6.56. The molecule has 0 spiro atoms. The Balaban J connectivity index is 0.000000420. The fourth-order valence-electron chi connectivity index (χ4n) is 3.77. The number of ether oxygens (including phenoxy) is 1. The van der Waals surface area contributed by atoms with Gasteiger partial charge in [-0.2, -0.15) is 0 Å². The second kappa shape index (κ2) is 12.9. The molecule has 11 heteroatoms. The predicted molar refractivity (Wildman–Crippen MR) is 117 cm³/mol. The number of nitrogens with zero attached hydrogens (tertiary/aromatic N) is 2. The van der Waals surface area contributed by atoms with Crippen molar-refractivity contribution in [2.24, 2.45) is 0 Å². The molecule has 11 nitrogen and oxygen atoms in total. The van der Waals surface area contributed by atoms with Gasteiger partial charge in [-0.25, -0.2) is 0 Å². The van der Waals surface area contributed by atoms with Crippen LogP contribution in [0.4, 0.5) is 0 Å². The minimum absolute atomic E-state index is 0.0302. The van der Waals surface area contributed by atoms with Crippen LogP contribution in [0.15, 0.2) is 24.5 Å². The van der Waals surface area contributed by atoms with Gasteiger partial charge in [0.15, 0.2) is 6.10 Å². The van der Waals surface area contributed by atoms with E-state index in [1.165, 1.54) is 0 Å². The average molecular weight is 465 g/mol. The van der Waals surface area contributed by atoms with Crippen molar-refractivity contribution in [3.8, 4) is 0 Å². The first-order chi connectivity index (χ1) is 15.7. The Morgan fingerprint density at radius 2 is 1.73 bits per heavy atom. The SMILES string of the molecule is CC(=O)O.CC(=O)O.O=C(NC1CCNCC1)[C@H]1OCC(=O)N(C2CC2)[C@@H]1c1cccnc1. The minimum atomic E-state index is -0.833. The van der Waals surface area contributed by atoms with Crippen LogP contribution in [-0.2, 0) is 23.9 Å². The Labute approximate surface area is 192 Å². The van der Waals surface area contributed by atoms with Gasteiger partial charge >= 0.3 is 0 Å². The molecule has 2 aliphatic heterocycles. The normalized spacial score (nSPS) is 22.7. The van der Waals surface area contributed by atoms with Gasteiger partial charge in [0, 0.05) is 38.3 Å². The molecule has 1 saturated carbocycles. The standard InChI is InChI=1S/C18H24N4O3.2C2H4O2/c23-15-11-25-17(18(24)21-13-5-8-19-9-6-13)16(22(15)14-3-4-14)12-2-1-7-20-10-12;2*1-2(3)4/h1-2,7,10,13-14,16-17,19H,3-6,8-9,11H2,(H,21,24);2*1H3,(H,3,4)/t16-,17+;;/m1../s1. The fourth-order valence-corrected chi connectivity index (χ4v) is 3.77. The number of hydrogen-bond donors (Lipinski definition) is 4. The molecule has 2 amide bonds. The molecule has 0 radical (unpaired) electrons. The smallest absolute Gasteiger partial charge is 0.300 e. The van der Waals surface area contributed by atoms with E-state index in [4.69, 9.17) is 24.5 Å². The van der Waals surface area contributed by atoms with Gasteiger partial charge in [0.2, 0.25) is 5.91 Å². The lowest BCUT2D eigenvalue weighted by atomic mass is 9.97. The lowest BCUT2D eigenvalue weighted by Crippen LogP contribution is -2.56. The summed E-state index contributed by atoms with van der Waals surface area (Å²) in [7, 11) is 0. The maximum atomic E-state index is 12.9. The minimum Gasteiger partial charge on any atom is -0.481 e. The molecule has 3 aliphatic rings. The number of morpholine rings is 1. The van der Waals surface area contributed by atoms with Crippen LogP contribution in [0.3, 0.4) is 0 Å². The molecule has 2 atom stereocenters. The Hall–Kier alpha value is -3.05. The predicted octanol–water partition coefficient (Wildman–Crippen LogP) is 0.563. The second-order valence-electron chi connectivity index (χ2n) is 8.07. The molecule has 1 aromatic rings. The van der Waals surface area contributed by atoms with Crippen molar-refractivity contribution in [2.45, 2.75) is 63.8 Å². The van der Waals surface area contributed by atoms with Gasteiger partial charge in [-0.3, -0.25) is 24.2 Å². The van der Waals surface area contributed by atoms with Crippen LogP contribution in [-0.4, -0.2) is 81.7 Å². The summed E-state index contributed by atoms with van der Waals surface area (Å²) < 4.78 is 5.72. The lowest BCUT2D eigenvalue weighted by Gasteiger charge is -2.41. The number of carboxylic acids is 2. The molecule has 4 rings (SSSR count). The highest BCUT2D eigenvalue weighted by Gasteiger charge is 2.47. The van der Waals surface area contributed by atoms with Crippen molar-refractivity contribution in [3.63, 3.8) is 0 Å². The number of piperidine rings is 1. The number of carbonyl (C=O) groups is 4. The van der Waals surface area contributed by atoms with E-state index in [9.17, 15) is 9.59 Å². The van der Waals surface area contributed by atoms with Crippen molar-refractivity contribution in [1.29, 1.82) is 0 Å². The number of hydrogen-bond acceptors (Lipinski definition) is 7. The molecule has 1 aliphatic carbocycles. The zero-order valence-corrected chi connectivity index (χ0v) is 18.9.